The van der Waals surface area contributed by atoms with E-state index in [0.717, 1.165) is 5.69 Å². The van der Waals surface area contributed by atoms with Gasteiger partial charge in [0.2, 0.25) is 5.91 Å². The molecule has 7 heteroatoms. The van der Waals surface area contributed by atoms with Gasteiger partial charge in [-0.05, 0) is 27.7 Å². The summed E-state index contributed by atoms with van der Waals surface area (Å²) in [7, 11) is 0. The van der Waals surface area contributed by atoms with E-state index < -0.39 is 11.5 Å². The van der Waals surface area contributed by atoms with Crippen molar-refractivity contribution in [2.45, 2.75) is 33.2 Å². The Labute approximate surface area is 116 Å². The Bertz CT molecular complexity index is 465. The minimum Gasteiger partial charge on any atom is -0.480 e. The number of amides is 1. The van der Waals surface area contributed by atoms with Crippen molar-refractivity contribution >= 4 is 28.3 Å². The fraction of sp³-hybridized carbons (Fsp3) is 0.583. The predicted molar refractivity (Wildman–Crippen MR) is 74.4 cm³/mol. The minimum absolute atomic E-state index is 0.0222. The summed E-state index contributed by atoms with van der Waals surface area (Å²) in [6, 6.07) is 0. The summed E-state index contributed by atoms with van der Waals surface area (Å²) in [5.41, 5.74) is 0.452. The van der Waals surface area contributed by atoms with Crippen molar-refractivity contribution in [1.29, 1.82) is 0 Å². The number of carbonyl (C=O) groups is 2. The highest BCUT2D eigenvalue weighted by Crippen LogP contribution is 2.16. The first-order valence-corrected chi connectivity index (χ1v) is 6.75. The highest BCUT2D eigenvalue weighted by atomic mass is 32.1. The van der Waals surface area contributed by atoms with Gasteiger partial charge in [0.15, 0.2) is 5.13 Å². The lowest BCUT2D eigenvalue weighted by molar-refractivity contribution is -0.140. The molecule has 0 aliphatic heterocycles. The molecular weight excluding hydrogens is 266 g/mol. The van der Waals surface area contributed by atoms with Crippen molar-refractivity contribution in [3.63, 3.8) is 0 Å². The van der Waals surface area contributed by atoms with Crippen molar-refractivity contribution in [3.05, 3.63) is 11.1 Å². The van der Waals surface area contributed by atoms with Crippen LogP contribution in [0.1, 0.15) is 26.5 Å². The molecule has 0 aromatic carbocycles. The second-order valence-corrected chi connectivity index (χ2v) is 6.12. The van der Waals surface area contributed by atoms with E-state index in [4.69, 9.17) is 5.11 Å². The van der Waals surface area contributed by atoms with Crippen LogP contribution in [0.2, 0.25) is 0 Å². The minimum atomic E-state index is -0.951. The van der Waals surface area contributed by atoms with E-state index in [0.29, 0.717) is 5.13 Å². The molecule has 19 heavy (non-hydrogen) atoms. The van der Waals surface area contributed by atoms with E-state index >= 15 is 0 Å². The number of aliphatic carboxylic acids is 1. The first-order chi connectivity index (χ1) is 8.68. The Morgan fingerprint density at radius 1 is 1.42 bits per heavy atom. The van der Waals surface area contributed by atoms with Gasteiger partial charge in [0, 0.05) is 10.9 Å². The molecule has 0 unspecified atom stereocenters. The maximum absolute atomic E-state index is 11.9. The van der Waals surface area contributed by atoms with E-state index in [1.807, 2.05) is 33.1 Å². The molecule has 0 radical (unpaired) electrons. The molecule has 1 aromatic heterocycles. The first-order valence-electron chi connectivity index (χ1n) is 5.87. The number of aromatic nitrogens is 1. The molecule has 6 nitrogen and oxygen atoms in total. The lowest BCUT2D eigenvalue weighted by Crippen LogP contribution is -2.48. The standard InChI is InChI=1S/C12H19N3O3S/c1-8-7-19-11(13-8)14-9(16)5-15(6-10(17)18)12(2,3)4/h7H,5-6H2,1-4H3,(H,17,18)(H,13,14,16). The molecule has 0 spiro atoms. The van der Waals surface area contributed by atoms with Crippen molar-refractivity contribution in [2.24, 2.45) is 0 Å². The molecule has 0 saturated carbocycles. The van der Waals surface area contributed by atoms with Crippen LogP contribution in [0.15, 0.2) is 5.38 Å². The zero-order valence-electron chi connectivity index (χ0n) is 11.6. The van der Waals surface area contributed by atoms with Gasteiger partial charge in [0.1, 0.15) is 0 Å². The molecule has 1 aromatic rings. The number of carbonyl (C=O) groups excluding carboxylic acids is 1. The molecule has 0 aliphatic rings. The summed E-state index contributed by atoms with van der Waals surface area (Å²) in [4.78, 5) is 28.4. The largest absolute Gasteiger partial charge is 0.480 e. The fourth-order valence-corrected chi connectivity index (χ4v) is 2.14. The van der Waals surface area contributed by atoms with E-state index in [9.17, 15) is 9.59 Å². The van der Waals surface area contributed by atoms with Crippen molar-refractivity contribution in [3.8, 4) is 0 Å². The van der Waals surface area contributed by atoms with Gasteiger partial charge in [0.05, 0.1) is 18.8 Å². The number of aryl methyl sites for hydroxylation is 1. The van der Waals surface area contributed by atoms with Crippen LogP contribution < -0.4 is 5.32 Å². The molecule has 0 fully saturated rings. The average Bonchev–Trinajstić information content (AvgIpc) is 2.60. The molecule has 0 bridgehead atoms. The van der Waals surface area contributed by atoms with Crippen molar-refractivity contribution in [1.82, 2.24) is 9.88 Å². The number of nitrogens with one attached hydrogen (secondary N) is 1. The van der Waals surface area contributed by atoms with Crippen LogP contribution in [0.3, 0.4) is 0 Å². The Kier molecular flexibility index (Phi) is 5.02. The summed E-state index contributed by atoms with van der Waals surface area (Å²) in [5, 5.41) is 13.9. The van der Waals surface area contributed by atoms with Crippen LogP contribution in [-0.2, 0) is 9.59 Å². The lowest BCUT2D eigenvalue weighted by atomic mass is 10.1. The summed E-state index contributed by atoms with van der Waals surface area (Å²) >= 11 is 1.35. The SMILES string of the molecule is Cc1csc(NC(=O)CN(CC(=O)O)C(C)(C)C)n1. The van der Waals surface area contributed by atoms with Gasteiger partial charge >= 0.3 is 5.97 Å². The Morgan fingerprint density at radius 3 is 2.47 bits per heavy atom. The van der Waals surface area contributed by atoms with Gasteiger partial charge in [-0.15, -0.1) is 11.3 Å². The van der Waals surface area contributed by atoms with Gasteiger partial charge in [-0.3, -0.25) is 14.5 Å². The van der Waals surface area contributed by atoms with Crippen LogP contribution >= 0.6 is 11.3 Å². The van der Waals surface area contributed by atoms with E-state index in [1.54, 1.807) is 4.90 Å². The average molecular weight is 285 g/mol. The summed E-state index contributed by atoms with van der Waals surface area (Å²) in [6.45, 7) is 7.31. The normalized spacial score (nSPS) is 11.6. The number of hydrogen-bond acceptors (Lipinski definition) is 5. The second-order valence-electron chi connectivity index (χ2n) is 5.26. The zero-order valence-corrected chi connectivity index (χ0v) is 12.4. The number of anilines is 1. The van der Waals surface area contributed by atoms with Gasteiger partial charge < -0.3 is 10.4 Å². The third kappa shape index (κ3) is 5.35. The highest BCUT2D eigenvalue weighted by Gasteiger charge is 2.25. The third-order valence-corrected chi connectivity index (χ3v) is 3.35. The Hall–Kier alpha value is -1.47. The smallest absolute Gasteiger partial charge is 0.317 e. The summed E-state index contributed by atoms with van der Waals surface area (Å²) in [5.74, 6) is -1.21. The monoisotopic (exact) mass is 285 g/mol. The van der Waals surface area contributed by atoms with Gasteiger partial charge in [0.25, 0.3) is 0 Å². The van der Waals surface area contributed by atoms with E-state index in [-0.39, 0.29) is 19.0 Å². The molecule has 1 rings (SSSR count). The van der Waals surface area contributed by atoms with Gasteiger partial charge in [-0.1, -0.05) is 0 Å². The second kappa shape index (κ2) is 6.12. The van der Waals surface area contributed by atoms with Crippen LogP contribution in [0.5, 0.6) is 0 Å². The molecule has 106 valence electrons. The number of nitrogens with zero attached hydrogens (tertiary/aromatic N) is 2. The summed E-state index contributed by atoms with van der Waals surface area (Å²) < 4.78 is 0. The maximum atomic E-state index is 11.9. The molecule has 0 atom stereocenters. The molecule has 1 amide bonds. The topological polar surface area (TPSA) is 82.5 Å². The predicted octanol–water partition coefficient (Wildman–Crippen LogP) is 1.58. The highest BCUT2D eigenvalue weighted by molar-refractivity contribution is 7.13. The van der Waals surface area contributed by atoms with Crippen LogP contribution in [0, 0.1) is 6.92 Å². The zero-order chi connectivity index (χ0) is 14.6. The maximum Gasteiger partial charge on any atom is 0.317 e. The van der Waals surface area contributed by atoms with Crippen LogP contribution in [0.25, 0.3) is 0 Å². The van der Waals surface area contributed by atoms with Crippen LogP contribution in [-0.4, -0.2) is 45.5 Å². The quantitative estimate of drug-likeness (QED) is 0.858. The van der Waals surface area contributed by atoms with Gasteiger partial charge in [-0.2, -0.15) is 0 Å². The number of hydrogen-bond donors (Lipinski definition) is 2. The first kappa shape index (κ1) is 15.6. The van der Waals surface area contributed by atoms with Crippen LogP contribution in [0.4, 0.5) is 5.13 Å². The molecular formula is C12H19N3O3S. The number of thiazole rings is 1. The summed E-state index contributed by atoms with van der Waals surface area (Å²) in [6.07, 6.45) is 0. The molecule has 0 aliphatic carbocycles. The lowest BCUT2D eigenvalue weighted by Gasteiger charge is -2.33. The number of carboxylic acids is 1. The Balaban J connectivity index is 2.63. The van der Waals surface area contributed by atoms with E-state index in [2.05, 4.69) is 10.3 Å². The van der Waals surface area contributed by atoms with Crippen molar-refractivity contribution < 1.29 is 14.7 Å². The molecule has 2 N–H and O–H groups in total. The van der Waals surface area contributed by atoms with Crippen molar-refractivity contribution in [2.75, 3.05) is 18.4 Å². The fourth-order valence-electron chi connectivity index (χ4n) is 1.44. The molecule has 1 heterocycles. The van der Waals surface area contributed by atoms with Gasteiger partial charge in [-0.25, -0.2) is 4.98 Å². The molecule has 0 saturated heterocycles. The number of carboxylic acid groups (broad SMARTS) is 1. The van der Waals surface area contributed by atoms with E-state index in [1.165, 1.54) is 11.3 Å². The number of rotatable bonds is 5. The third-order valence-electron chi connectivity index (χ3n) is 2.47. The Morgan fingerprint density at radius 2 is 2.05 bits per heavy atom.